The number of carbonyl (C=O) groups is 3. The van der Waals surface area contributed by atoms with Crippen molar-refractivity contribution >= 4 is 28.6 Å². The molecule has 2 rings (SSSR count). The van der Waals surface area contributed by atoms with E-state index in [2.05, 4.69) is 5.32 Å². The monoisotopic (exact) mass is 395 g/mol. The van der Waals surface area contributed by atoms with Gasteiger partial charge in [0.1, 0.15) is 17.4 Å². The van der Waals surface area contributed by atoms with Crippen LogP contribution in [0.5, 0.6) is 0 Å². The van der Waals surface area contributed by atoms with Crippen molar-refractivity contribution in [2.24, 2.45) is 0 Å². The van der Waals surface area contributed by atoms with E-state index in [1.165, 1.54) is 0 Å². The zero-order valence-electron chi connectivity index (χ0n) is 15.7. The number of carbonyl (C=O) groups excluding carboxylic acids is 2. The lowest BCUT2D eigenvalue weighted by Crippen LogP contribution is -2.44. The first-order valence-electron chi connectivity index (χ1n) is 8.81. The highest BCUT2D eigenvalue weighted by Crippen LogP contribution is 2.24. The summed E-state index contributed by atoms with van der Waals surface area (Å²) in [6, 6.07) is 5.47. The van der Waals surface area contributed by atoms with Crippen molar-refractivity contribution in [3.8, 4) is 0 Å². The number of amides is 1. The molecule has 0 bridgehead atoms. The van der Waals surface area contributed by atoms with Gasteiger partial charge in [-0.25, -0.2) is 9.59 Å². The fourth-order valence-corrected chi connectivity index (χ4v) is 4.29. The maximum atomic E-state index is 12.5. The molecule has 3 unspecified atom stereocenters. The van der Waals surface area contributed by atoms with Gasteiger partial charge in [0.25, 0.3) is 0 Å². The molecule has 1 aliphatic carbocycles. The van der Waals surface area contributed by atoms with E-state index in [-0.39, 0.29) is 12.2 Å². The summed E-state index contributed by atoms with van der Waals surface area (Å²) < 4.78 is 17.6. The molecular formula is C19H25NO6S. The molecular weight excluding hydrogens is 370 g/mol. The van der Waals surface area contributed by atoms with Crippen LogP contribution in [0.4, 0.5) is 4.79 Å². The number of nitrogens with one attached hydrogen (secondary N) is 1. The zero-order valence-corrected chi connectivity index (χ0v) is 16.5. The third kappa shape index (κ3) is 6.16. The van der Waals surface area contributed by atoms with Crippen LogP contribution < -0.4 is 5.32 Å². The average Bonchev–Trinajstić information content (AvgIpc) is 2.98. The molecule has 27 heavy (non-hydrogen) atoms. The second-order valence-electron chi connectivity index (χ2n) is 7.53. The molecule has 0 aromatic heterocycles. The molecule has 1 aromatic carbocycles. The predicted molar refractivity (Wildman–Crippen MR) is 100.0 cm³/mol. The number of benzene rings is 1. The van der Waals surface area contributed by atoms with Crippen LogP contribution in [0.2, 0.25) is 0 Å². The van der Waals surface area contributed by atoms with Crippen LogP contribution in [0.3, 0.4) is 0 Å². The number of carboxylic acid groups (broad SMARTS) is 1. The van der Waals surface area contributed by atoms with Gasteiger partial charge in [0, 0.05) is 17.7 Å². The Balaban J connectivity index is 2.02. The van der Waals surface area contributed by atoms with Crippen molar-refractivity contribution in [1.82, 2.24) is 5.32 Å². The van der Waals surface area contributed by atoms with E-state index in [4.69, 9.17) is 4.74 Å². The highest BCUT2D eigenvalue weighted by molar-refractivity contribution is 7.86. The number of ketones is 1. The minimum Gasteiger partial charge on any atom is -0.480 e. The zero-order chi connectivity index (χ0) is 20.2. The lowest BCUT2D eigenvalue weighted by molar-refractivity contribution is -0.139. The van der Waals surface area contributed by atoms with E-state index >= 15 is 0 Å². The van der Waals surface area contributed by atoms with Gasteiger partial charge in [0.2, 0.25) is 0 Å². The van der Waals surface area contributed by atoms with Gasteiger partial charge in [0.15, 0.2) is 0 Å². The van der Waals surface area contributed by atoms with Crippen molar-refractivity contribution < 1.29 is 28.4 Å². The summed E-state index contributed by atoms with van der Waals surface area (Å²) in [7, 11) is -1.39. The number of rotatable bonds is 6. The van der Waals surface area contributed by atoms with Gasteiger partial charge in [-0.1, -0.05) is 12.1 Å². The SMILES string of the molecule is CC(C)(C)OC(=O)NC(Cc1ccc(S(=O)C2CCCC2=O)cc1)C(=O)O. The lowest BCUT2D eigenvalue weighted by Gasteiger charge is -2.22. The number of carboxylic acids is 1. The third-order valence-electron chi connectivity index (χ3n) is 4.09. The highest BCUT2D eigenvalue weighted by Gasteiger charge is 2.30. The topological polar surface area (TPSA) is 110 Å². The number of alkyl carbamates (subject to hydrolysis) is 1. The van der Waals surface area contributed by atoms with E-state index < -0.39 is 39.8 Å². The van der Waals surface area contributed by atoms with Gasteiger partial charge in [-0.2, -0.15) is 0 Å². The van der Waals surface area contributed by atoms with Crippen LogP contribution in [-0.2, 0) is 31.5 Å². The van der Waals surface area contributed by atoms with E-state index in [9.17, 15) is 23.7 Å². The minimum absolute atomic E-state index is 0.0323. The van der Waals surface area contributed by atoms with Crippen LogP contribution in [0.25, 0.3) is 0 Å². The second-order valence-corrected chi connectivity index (χ2v) is 9.16. The molecule has 0 radical (unpaired) electrons. The van der Waals surface area contributed by atoms with Gasteiger partial charge < -0.3 is 15.2 Å². The Morgan fingerprint density at radius 3 is 2.41 bits per heavy atom. The summed E-state index contributed by atoms with van der Waals surface area (Å²) in [6.45, 7) is 5.07. The molecule has 0 spiro atoms. The Morgan fingerprint density at radius 2 is 1.93 bits per heavy atom. The first kappa shape index (κ1) is 21.1. The number of hydrogen-bond donors (Lipinski definition) is 2. The van der Waals surface area contributed by atoms with Gasteiger partial charge >= 0.3 is 12.1 Å². The number of ether oxygens (including phenoxy) is 1. The summed E-state index contributed by atoms with van der Waals surface area (Å²) in [5, 5.41) is 11.2. The van der Waals surface area contributed by atoms with Crippen LogP contribution in [-0.4, -0.2) is 44.1 Å². The van der Waals surface area contributed by atoms with Gasteiger partial charge in [-0.15, -0.1) is 0 Å². The summed E-state index contributed by atoms with van der Waals surface area (Å²) in [5.74, 6) is -1.14. The van der Waals surface area contributed by atoms with Crippen molar-refractivity contribution in [2.75, 3.05) is 0 Å². The summed E-state index contributed by atoms with van der Waals surface area (Å²) in [6.07, 6.45) is 1.14. The predicted octanol–water partition coefficient (Wildman–Crippen LogP) is 2.44. The fourth-order valence-electron chi connectivity index (χ4n) is 2.82. The molecule has 1 fully saturated rings. The molecule has 148 valence electrons. The maximum absolute atomic E-state index is 12.5. The summed E-state index contributed by atoms with van der Waals surface area (Å²) >= 11 is 0. The normalized spacial score (nSPS) is 19.4. The van der Waals surface area contributed by atoms with Gasteiger partial charge in [-0.05, 0) is 51.3 Å². The molecule has 1 saturated carbocycles. The van der Waals surface area contributed by atoms with Crippen LogP contribution in [0.1, 0.15) is 45.6 Å². The van der Waals surface area contributed by atoms with Crippen LogP contribution in [0, 0.1) is 0 Å². The molecule has 1 aromatic rings. The summed E-state index contributed by atoms with van der Waals surface area (Å²) in [4.78, 5) is 35.6. The van der Waals surface area contributed by atoms with E-state index in [0.29, 0.717) is 23.3 Å². The standard InChI is InChI=1S/C19H25NO6S/c1-19(2,3)26-18(24)20-14(17(22)23)11-12-7-9-13(10-8-12)27(25)16-6-4-5-15(16)21/h7-10,14,16H,4-6,11H2,1-3H3,(H,20,24)(H,22,23). The largest absolute Gasteiger partial charge is 0.480 e. The van der Waals surface area contributed by atoms with Crippen molar-refractivity contribution in [1.29, 1.82) is 0 Å². The Kier molecular flexibility index (Phi) is 6.75. The summed E-state index contributed by atoms with van der Waals surface area (Å²) in [5.41, 5.74) is -0.0618. The molecule has 1 amide bonds. The Hall–Kier alpha value is -2.22. The Labute approximate surface area is 160 Å². The van der Waals surface area contributed by atoms with E-state index in [1.54, 1.807) is 45.0 Å². The highest BCUT2D eigenvalue weighted by atomic mass is 32.2. The molecule has 7 nitrogen and oxygen atoms in total. The number of hydrogen-bond acceptors (Lipinski definition) is 5. The van der Waals surface area contributed by atoms with Gasteiger partial charge in [0.05, 0.1) is 16.0 Å². The lowest BCUT2D eigenvalue weighted by atomic mass is 10.1. The molecule has 3 atom stereocenters. The average molecular weight is 395 g/mol. The molecule has 0 aliphatic heterocycles. The van der Waals surface area contributed by atoms with Crippen molar-refractivity contribution in [2.45, 2.75) is 68.2 Å². The van der Waals surface area contributed by atoms with Crippen molar-refractivity contribution in [3.63, 3.8) is 0 Å². The second kappa shape index (κ2) is 8.65. The number of aliphatic carboxylic acids is 1. The Bertz CT molecular complexity index is 738. The molecule has 0 saturated heterocycles. The first-order chi connectivity index (χ1) is 12.6. The third-order valence-corrected chi connectivity index (χ3v) is 5.84. The fraction of sp³-hybridized carbons (Fsp3) is 0.526. The molecule has 8 heteroatoms. The Morgan fingerprint density at radius 1 is 1.30 bits per heavy atom. The van der Waals surface area contributed by atoms with E-state index in [0.717, 1.165) is 6.42 Å². The first-order valence-corrected chi connectivity index (χ1v) is 10.0. The van der Waals surface area contributed by atoms with Crippen molar-refractivity contribution in [3.05, 3.63) is 29.8 Å². The quantitative estimate of drug-likeness (QED) is 0.766. The minimum atomic E-state index is -1.39. The molecule has 1 aliphatic rings. The van der Waals surface area contributed by atoms with Crippen LogP contribution in [0.15, 0.2) is 29.2 Å². The van der Waals surface area contributed by atoms with E-state index in [1.807, 2.05) is 0 Å². The molecule has 2 N–H and O–H groups in total. The van der Waals surface area contributed by atoms with Gasteiger partial charge in [-0.3, -0.25) is 9.00 Å². The maximum Gasteiger partial charge on any atom is 0.408 e. The van der Waals surface area contributed by atoms with Crippen LogP contribution >= 0.6 is 0 Å². The number of Topliss-reactive ketones (excluding diaryl/α,β-unsaturated/α-hetero) is 1. The smallest absolute Gasteiger partial charge is 0.408 e. The molecule has 0 heterocycles.